The minimum atomic E-state index is -0.363. The molecule has 3 aromatic rings. The highest BCUT2D eigenvalue weighted by atomic mass is 32.1. The maximum Gasteiger partial charge on any atom is 0.126 e. The van der Waals surface area contributed by atoms with Crippen molar-refractivity contribution in [3.05, 3.63) is 23.0 Å². The molecular formula is C16H21N5S. The highest BCUT2D eigenvalue weighted by molar-refractivity contribution is 7.25. The van der Waals surface area contributed by atoms with E-state index in [1.807, 2.05) is 6.92 Å². The molecule has 0 aromatic carbocycles. The zero-order valence-corrected chi connectivity index (χ0v) is 13.8. The van der Waals surface area contributed by atoms with Crippen LogP contribution in [0.25, 0.3) is 20.4 Å². The number of hydrogen-bond acceptors (Lipinski definition) is 5. The number of aromatic nitrogens is 3. The zero-order chi connectivity index (χ0) is 15.5. The number of nitrogens with zero attached hydrogens (tertiary/aromatic N) is 2. The van der Waals surface area contributed by atoms with Gasteiger partial charge in [0.15, 0.2) is 0 Å². The lowest BCUT2D eigenvalue weighted by Crippen LogP contribution is -2.44. The van der Waals surface area contributed by atoms with Crippen molar-refractivity contribution in [1.82, 2.24) is 15.2 Å². The molecule has 4 rings (SSSR count). The first-order chi connectivity index (χ1) is 10.5. The quantitative estimate of drug-likeness (QED) is 0.643. The first-order valence-electron chi connectivity index (χ1n) is 7.78. The van der Waals surface area contributed by atoms with Crippen LogP contribution in [-0.2, 0) is 5.54 Å². The molecule has 1 aliphatic carbocycles. The summed E-state index contributed by atoms with van der Waals surface area (Å²) in [5.41, 5.74) is 16.7. The molecule has 0 aliphatic heterocycles. The summed E-state index contributed by atoms with van der Waals surface area (Å²) >= 11 is 1.70. The molecule has 22 heavy (non-hydrogen) atoms. The van der Waals surface area contributed by atoms with Crippen molar-refractivity contribution in [3.8, 4) is 0 Å². The Bertz CT molecular complexity index is 854. The average Bonchev–Trinajstić information content (AvgIpc) is 3.00. The van der Waals surface area contributed by atoms with Crippen molar-refractivity contribution < 1.29 is 0 Å². The fraction of sp³-hybridized carbons (Fsp3) is 0.500. The third-order valence-electron chi connectivity index (χ3n) is 4.88. The number of fused-ring (bicyclic) bond motifs is 3. The lowest BCUT2D eigenvalue weighted by molar-refractivity contribution is 0.273. The number of nitrogens with two attached hydrogens (primary N) is 2. The number of rotatable bonds is 1. The van der Waals surface area contributed by atoms with Crippen molar-refractivity contribution in [2.45, 2.75) is 51.1 Å². The second-order valence-electron chi connectivity index (χ2n) is 6.63. The van der Waals surface area contributed by atoms with Gasteiger partial charge in [-0.3, -0.25) is 5.10 Å². The van der Waals surface area contributed by atoms with E-state index in [1.165, 1.54) is 10.9 Å². The Hall–Kier alpha value is -1.50. The fourth-order valence-electron chi connectivity index (χ4n) is 3.61. The molecule has 6 heteroatoms. The van der Waals surface area contributed by atoms with Crippen molar-refractivity contribution in [2.75, 3.05) is 0 Å². The third-order valence-corrected chi connectivity index (χ3v) is 5.97. The van der Waals surface area contributed by atoms with E-state index < -0.39 is 0 Å². The Labute approximate surface area is 133 Å². The van der Waals surface area contributed by atoms with E-state index in [-0.39, 0.29) is 11.6 Å². The molecule has 0 bridgehead atoms. The number of H-pyrrole nitrogens is 1. The highest BCUT2D eigenvalue weighted by Gasteiger charge is 2.36. The van der Waals surface area contributed by atoms with E-state index in [0.717, 1.165) is 52.1 Å². The van der Waals surface area contributed by atoms with E-state index in [4.69, 9.17) is 11.5 Å². The summed E-state index contributed by atoms with van der Waals surface area (Å²) in [6.07, 6.45) is 3.72. The molecule has 3 heterocycles. The summed E-state index contributed by atoms with van der Waals surface area (Å²) in [6, 6.07) is 2.40. The van der Waals surface area contributed by atoms with Crippen LogP contribution in [0.5, 0.6) is 0 Å². The smallest absolute Gasteiger partial charge is 0.126 e. The van der Waals surface area contributed by atoms with E-state index in [2.05, 4.69) is 28.2 Å². The molecule has 0 atom stereocenters. The summed E-state index contributed by atoms with van der Waals surface area (Å²) in [6.45, 7) is 4.16. The second-order valence-corrected chi connectivity index (χ2v) is 7.63. The van der Waals surface area contributed by atoms with Crippen molar-refractivity contribution in [3.63, 3.8) is 0 Å². The molecule has 0 spiro atoms. The predicted octanol–water partition coefficient (Wildman–Crippen LogP) is 2.84. The lowest BCUT2D eigenvalue weighted by atomic mass is 9.78. The lowest BCUT2D eigenvalue weighted by Gasteiger charge is -2.34. The number of thiophene rings is 1. The molecule has 3 aromatic heterocycles. The molecule has 1 aliphatic rings. The summed E-state index contributed by atoms with van der Waals surface area (Å²) in [5, 5.41) is 8.98. The van der Waals surface area contributed by atoms with Crippen molar-refractivity contribution in [1.29, 1.82) is 0 Å². The van der Waals surface area contributed by atoms with Crippen LogP contribution in [0.1, 0.15) is 42.6 Å². The largest absolute Gasteiger partial charge is 0.328 e. The SMILES string of the molecule is Cc1cc(C)c2c(n1)sc1c(C3(N)CCC(N)CC3)n[nH]c12. The van der Waals surface area contributed by atoms with Gasteiger partial charge in [-0.05, 0) is 51.2 Å². The van der Waals surface area contributed by atoms with E-state index >= 15 is 0 Å². The first kappa shape index (κ1) is 14.1. The summed E-state index contributed by atoms with van der Waals surface area (Å²) in [4.78, 5) is 5.74. The van der Waals surface area contributed by atoms with Gasteiger partial charge in [-0.1, -0.05) is 0 Å². The summed E-state index contributed by atoms with van der Waals surface area (Å²) < 4.78 is 1.16. The van der Waals surface area contributed by atoms with Gasteiger partial charge in [0.2, 0.25) is 0 Å². The Morgan fingerprint density at radius 3 is 2.77 bits per heavy atom. The van der Waals surface area contributed by atoms with E-state index in [0.29, 0.717) is 0 Å². The highest BCUT2D eigenvalue weighted by Crippen LogP contribution is 2.42. The van der Waals surface area contributed by atoms with Gasteiger partial charge in [0.1, 0.15) is 4.83 Å². The van der Waals surface area contributed by atoms with Crippen LogP contribution in [0.15, 0.2) is 6.07 Å². The minimum Gasteiger partial charge on any atom is -0.328 e. The van der Waals surface area contributed by atoms with Gasteiger partial charge < -0.3 is 11.5 Å². The van der Waals surface area contributed by atoms with Crippen LogP contribution in [0.3, 0.4) is 0 Å². The Morgan fingerprint density at radius 2 is 2.05 bits per heavy atom. The molecule has 5 N–H and O–H groups in total. The van der Waals surface area contributed by atoms with Gasteiger partial charge in [0.25, 0.3) is 0 Å². The maximum atomic E-state index is 6.69. The molecule has 0 saturated heterocycles. The van der Waals surface area contributed by atoms with E-state index in [9.17, 15) is 0 Å². The van der Waals surface area contributed by atoms with Crippen molar-refractivity contribution in [2.24, 2.45) is 11.5 Å². The monoisotopic (exact) mass is 315 g/mol. The number of aryl methyl sites for hydroxylation is 2. The Kier molecular flexibility index (Phi) is 3.04. The van der Waals surface area contributed by atoms with Gasteiger partial charge in [-0.2, -0.15) is 5.10 Å². The Morgan fingerprint density at radius 1 is 1.32 bits per heavy atom. The number of aromatic amines is 1. The topological polar surface area (TPSA) is 93.6 Å². The Balaban J connectivity index is 1.91. The molecular weight excluding hydrogens is 294 g/mol. The molecule has 0 amide bonds. The normalized spacial score (nSPS) is 26.1. The van der Waals surface area contributed by atoms with Gasteiger partial charge in [-0.25, -0.2) is 4.98 Å². The maximum absolute atomic E-state index is 6.69. The summed E-state index contributed by atoms with van der Waals surface area (Å²) in [7, 11) is 0. The van der Waals surface area contributed by atoms with Gasteiger partial charge >= 0.3 is 0 Å². The fourth-order valence-corrected chi connectivity index (χ4v) is 4.95. The third kappa shape index (κ3) is 1.98. The van der Waals surface area contributed by atoms with Gasteiger partial charge in [-0.15, -0.1) is 11.3 Å². The molecule has 0 radical (unpaired) electrons. The minimum absolute atomic E-state index is 0.278. The number of pyridine rings is 1. The van der Waals surface area contributed by atoms with Crippen LogP contribution in [0.4, 0.5) is 0 Å². The van der Waals surface area contributed by atoms with Crippen molar-refractivity contribution >= 4 is 31.8 Å². The molecule has 116 valence electrons. The molecule has 1 fully saturated rings. The summed E-state index contributed by atoms with van der Waals surface area (Å²) in [5.74, 6) is 0. The van der Waals surface area contributed by atoms with Gasteiger partial charge in [0.05, 0.1) is 21.4 Å². The van der Waals surface area contributed by atoms with Crippen LogP contribution < -0.4 is 11.5 Å². The predicted molar refractivity (Wildman–Crippen MR) is 91.1 cm³/mol. The zero-order valence-electron chi connectivity index (χ0n) is 12.9. The van der Waals surface area contributed by atoms with Crippen LogP contribution in [0.2, 0.25) is 0 Å². The van der Waals surface area contributed by atoms with Crippen LogP contribution >= 0.6 is 11.3 Å². The van der Waals surface area contributed by atoms with Crippen LogP contribution in [0, 0.1) is 13.8 Å². The first-order valence-corrected chi connectivity index (χ1v) is 8.59. The standard InChI is InChI=1S/C16H21N5S/c1-8-7-9(2)19-15-11(8)12-13(22-15)14(21-20-12)16(18)5-3-10(17)4-6-16/h7,10H,3-6,17-18H2,1-2H3,(H,20,21). The molecule has 5 nitrogen and oxygen atoms in total. The number of hydrogen-bond donors (Lipinski definition) is 3. The van der Waals surface area contributed by atoms with E-state index in [1.54, 1.807) is 11.3 Å². The van der Waals surface area contributed by atoms with Gasteiger partial charge in [0, 0.05) is 17.1 Å². The van der Waals surface area contributed by atoms with Crippen LogP contribution in [-0.4, -0.2) is 21.2 Å². The number of nitrogens with one attached hydrogen (secondary N) is 1. The molecule has 0 unspecified atom stereocenters. The average molecular weight is 315 g/mol. The molecule has 1 saturated carbocycles. The second kappa shape index (κ2) is 4.75.